The van der Waals surface area contributed by atoms with Gasteiger partial charge in [0.05, 0.1) is 0 Å². The highest BCUT2D eigenvalue weighted by Gasteiger charge is 2.39. The zero-order valence-corrected chi connectivity index (χ0v) is 13.9. The van der Waals surface area contributed by atoms with Gasteiger partial charge in [0.2, 0.25) is 0 Å². The van der Waals surface area contributed by atoms with Gasteiger partial charge in [-0.05, 0) is 52.9 Å². The molecule has 1 aliphatic heterocycles. The second-order valence-electron chi connectivity index (χ2n) is 8.73. The maximum atomic E-state index is 3.60. The molecular formula is C15H33N3. The molecule has 3 heteroatoms. The molecule has 0 amide bonds. The van der Waals surface area contributed by atoms with Crippen molar-refractivity contribution in [2.45, 2.75) is 73.4 Å². The van der Waals surface area contributed by atoms with E-state index in [-0.39, 0.29) is 11.1 Å². The summed E-state index contributed by atoms with van der Waals surface area (Å²) in [6.07, 6.45) is 0. The Bertz CT molecular complexity index is 224. The third-order valence-electron chi connectivity index (χ3n) is 3.89. The van der Waals surface area contributed by atoms with Gasteiger partial charge in [0.15, 0.2) is 0 Å². The molecule has 0 atom stereocenters. The molecule has 3 nitrogen and oxygen atoms in total. The first-order chi connectivity index (χ1) is 7.82. The summed E-state index contributed by atoms with van der Waals surface area (Å²) in [5.74, 6) is 0.678. The molecular weight excluding hydrogens is 222 g/mol. The molecule has 0 bridgehead atoms. The van der Waals surface area contributed by atoms with Crippen molar-refractivity contribution in [3.8, 4) is 0 Å². The summed E-state index contributed by atoms with van der Waals surface area (Å²) in [6.45, 7) is 22.9. The molecule has 0 aromatic rings. The minimum absolute atomic E-state index is 0.146. The van der Waals surface area contributed by atoms with Gasteiger partial charge in [0.1, 0.15) is 0 Å². The Kier molecular flexibility index (Phi) is 4.22. The molecule has 1 fully saturated rings. The first kappa shape index (κ1) is 15.9. The second kappa shape index (κ2) is 4.77. The summed E-state index contributed by atoms with van der Waals surface area (Å²) in [5.41, 5.74) is 4.24. The first-order valence-electron chi connectivity index (χ1n) is 7.13. The summed E-state index contributed by atoms with van der Waals surface area (Å²) in [4.78, 5) is 0. The Hall–Kier alpha value is -0.120. The maximum Gasteiger partial charge on any atom is 0.0283 e. The monoisotopic (exact) mass is 255 g/mol. The smallest absolute Gasteiger partial charge is 0.0283 e. The van der Waals surface area contributed by atoms with Crippen LogP contribution in [0.3, 0.4) is 0 Å². The number of hydrogen-bond acceptors (Lipinski definition) is 3. The van der Waals surface area contributed by atoms with Crippen molar-refractivity contribution in [1.82, 2.24) is 15.6 Å². The van der Waals surface area contributed by atoms with Crippen LogP contribution in [0.1, 0.15) is 62.3 Å². The van der Waals surface area contributed by atoms with Crippen molar-refractivity contribution in [1.29, 1.82) is 0 Å². The molecule has 0 unspecified atom stereocenters. The lowest BCUT2D eigenvalue weighted by atomic mass is 9.79. The Morgan fingerprint density at radius 2 is 1.06 bits per heavy atom. The van der Waals surface area contributed by atoms with Crippen LogP contribution in [0.4, 0.5) is 0 Å². The zero-order valence-electron chi connectivity index (χ0n) is 13.9. The van der Waals surface area contributed by atoms with Gasteiger partial charge in [-0.3, -0.25) is 0 Å². The summed E-state index contributed by atoms with van der Waals surface area (Å²) in [6, 6.07) is 0. The minimum atomic E-state index is 0.146. The van der Waals surface area contributed by atoms with Crippen LogP contribution in [0.15, 0.2) is 0 Å². The molecule has 1 N–H and O–H groups in total. The van der Waals surface area contributed by atoms with Gasteiger partial charge in [0, 0.05) is 24.2 Å². The van der Waals surface area contributed by atoms with Gasteiger partial charge in [0.25, 0.3) is 0 Å². The van der Waals surface area contributed by atoms with E-state index in [0.29, 0.717) is 11.3 Å². The molecule has 0 aromatic carbocycles. The van der Waals surface area contributed by atoms with Gasteiger partial charge in [-0.25, -0.2) is 10.0 Å². The Morgan fingerprint density at radius 3 is 1.28 bits per heavy atom. The van der Waals surface area contributed by atoms with E-state index >= 15 is 0 Å². The molecule has 0 aliphatic carbocycles. The van der Waals surface area contributed by atoms with Gasteiger partial charge in [-0.15, -0.1) is 0 Å². The van der Waals surface area contributed by atoms with E-state index in [9.17, 15) is 0 Å². The van der Waals surface area contributed by atoms with Gasteiger partial charge >= 0.3 is 0 Å². The lowest BCUT2D eigenvalue weighted by molar-refractivity contribution is -0.142. The van der Waals surface area contributed by atoms with Crippen LogP contribution in [0.5, 0.6) is 0 Å². The van der Waals surface area contributed by atoms with E-state index in [0.717, 1.165) is 13.1 Å². The van der Waals surface area contributed by atoms with Crippen LogP contribution in [-0.2, 0) is 0 Å². The third-order valence-corrected chi connectivity index (χ3v) is 3.89. The number of nitrogens with one attached hydrogen (secondary N) is 1. The van der Waals surface area contributed by atoms with E-state index in [2.05, 4.69) is 77.9 Å². The van der Waals surface area contributed by atoms with Gasteiger partial charge < -0.3 is 0 Å². The summed E-state index contributed by atoms with van der Waals surface area (Å²) >= 11 is 0. The van der Waals surface area contributed by atoms with Crippen molar-refractivity contribution >= 4 is 0 Å². The molecule has 0 aromatic heterocycles. The molecule has 0 saturated carbocycles. The first-order valence-corrected chi connectivity index (χ1v) is 7.13. The Morgan fingerprint density at radius 1 is 0.722 bits per heavy atom. The number of nitrogens with zero attached hydrogens (tertiary/aromatic N) is 2. The molecule has 1 heterocycles. The van der Waals surface area contributed by atoms with Crippen molar-refractivity contribution in [2.24, 2.45) is 11.3 Å². The second-order valence-corrected chi connectivity index (χ2v) is 8.73. The highest BCUT2D eigenvalue weighted by Crippen LogP contribution is 2.33. The van der Waals surface area contributed by atoms with Crippen LogP contribution in [0.25, 0.3) is 0 Å². The summed E-state index contributed by atoms with van der Waals surface area (Å²) in [7, 11) is 0. The fourth-order valence-corrected chi connectivity index (χ4v) is 2.12. The molecule has 1 rings (SSSR count). The van der Waals surface area contributed by atoms with Crippen molar-refractivity contribution in [3.63, 3.8) is 0 Å². The molecule has 1 saturated heterocycles. The number of hydrogen-bond donors (Lipinski definition) is 1. The van der Waals surface area contributed by atoms with Crippen molar-refractivity contribution in [2.75, 3.05) is 13.1 Å². The Balaban J connectivity index is 2.93. The quantitative estimate of drug-likeness (QED) is 0.716. The van der Waals surface area contributed by atoms with E-state index in [1.165, 1.54) is 0 Å². The van der Waals surface area contributed by atoms with Crippen LogP contribution in [0, 0.1) is 11.3 Å². The molecule has 1 aliphatic rings. The van der Waals surface area contributed by atoms with E-state index in [4.69, 9.17) is 0 Å². The summed E-state index contributed by atoms with van der Waals surface area (Å²) in [5, 5.41) is 4.77. The van der Waals surface area contributed by atoms with Crippen molar-refractivity contribution < 1.29 is 0 Å². The van der Waals surface area contributed by atoms with Gasteiger partial charge in [-0.2, -0.15) is 5.53 Å². The predicted octanol–water partition coefficient (Wildman–Crippen LogP) is 3.28. The minimum Gasteiger partial charge on any atom is -0.225 e. The highest BCUT2D eigenvalue weighted by molar-refractivity contribution is 4.89. The molecule has 0 radical (unpaired) electrons. The molecule has 18 heavy (non-hydrogen) atoms. The Labute approximate surface area is 114 Å². The standard InChI is InChI=1S/C15H33N3/c1-13(2,3)12-10-17(14(4,5)6)16-18(11-12)15(7,8)9/h12,16H,10-11H2,1-9H3. The fourth-order valence-electron chi connectivity index (χ4n) is 2.12. The van der Waals surface area contributed by atoms with Crippen LogP contribution >= 0.6 is 0 Å². The lowest BCUT2D eigenvalue weighted by Crippen LogP contribution is -2.69. The predicted molar refractivity (Wildman–Crippen MR) is 79.0 cm³/mol. The average molecular weight is 255 g/mol. The van der Waals surface area contributed by atoms with Crippen LogP contribution in [0.2, 0.25) is 0 Å². The lowest BCUT2D eigenvalue weighted by Gasteiger charge is -2.53. The van der Waals surface area contributed by atoms with E-state index in [1.54, 1.807) is 0 Å². The summed E-state index contributed by atoms with van der Waals surface area (Å²) < 4.78 is 0. The molecule has 108 valence electrons. The fraction of sp³-hybridized carbons (Fsp3) is 1.00. The van der Waals surface area contributed by atoms with E-state index < -0.39 is 0 Å². The zero-order chi connectivity index (χ0) is 14.4. The van der Waals surface area contributed by atoms with Crippen molar-refractivity contribution in [3.05, 3.63) is 0 Å². The normalized spacial score (nSPS) is 22.5. The van der Waals surface area contributed by atoms with Gasteiger partial charge in [-0.1, -0.05) is 20.8 Å². The topological polar surface area (TPSA) is 18.5 Å². The number of hydrazine groups is 2. The largest absolute Gasteiger partial charge is 0.225 e. The highest BCUT2D eigenvalue weighted by atomic mass is 15.8. The average Bonchev–Trinajstić information content (AvgIpc) is 2.13. The SMILES string of the molecule is CC(C)(C)C1CN(C(C)(C)C)NN(C(C)(C)C)C1. The van der Waals surface area contributed by atoms with Crippen LogP contribution < -0.4 is 5.53 Å². The maximum absolute atomic E-state index is 3.60. The van der Waals surface area contributed by atoms with E-state index in [1.807, 2.05) is 0 Å². The number of rotatable bonds is 0. The van der Waals surface area contributed by atoms with Crippen LogP contribution in [-0.4, -0.2) is 34.2 Å². The molecule has 0 spiro atoms. The third kappa shape index (κ3) is 3.94.